The highest BCUT2D eigenvalue weighted by Gasteiger charge is 2.11. The van der Waals surface area contributed by atoms with Crippen LogP contribution in [0.1, 0.15) is 19.6 Å². The summed E-state index contributed by atoms with van der Waals surface area (Å²) >= 11 is 8.96. The maximum absolute atomic E-state index is 9.32. The van der Waals surface area contributed by atoms with Crippen LogP contribution in [0.3, 0.4) is 0 Å². The summed E-state index contributed by atoms with van der Waals surface area (Å²) in [4.78, 5) is 0. The topological polar surface area (TPSA) is 38.0 Å². The molecule has 0 aliphatic rings. The summed E-state index contributed by atoms with van der Waals surface area (Å²) in [6, 6.07) is 0. The van der Waals surface area contributed by atoms with Gasteiger partial charge in [-0.3, -0.25) is 0 Å². The van der Waals surface area contributed by atoms with Crippen LogP contribution in [0.15, 0.2) is 10.7 Å². The Morgan fingerprint density at radius 3 is 2.91 bits per heavy atom. The number of aromatic nitrogens is 2. The first-order valence-corrected chi connectivity index (χ1v) is 4.40. The van der Waals surface area contributed by atoms with E-state index in [4.69, 9.17) is 11.6 Å². The Balaban J connectivity index is 2.94. The van der Waals surface area contributed by atoms with E-state index in [1.807, 2.05) is 6.92 Å². The van der Waals surface area contributed by atoms with Crippen molar-refractivity contribution in [3.8, 4) is 0 Å². The van der Waals surface area contributed by atoms with Gasteiger partial charge in [-0.25, -0.2) is 4.68 Å². The minimum absolute atomic E-state index is 0.430. The third kappa shape index (κ3) is 1.75. The summed E-state index contributed by atoms with van der Waals surface area (Å²) in [7, 11) is 0. The Labute approximate surface area is 78.1 Å². The maximum Gasteiger partial charge on any atom is 0.148 e. The van der Waals surface area contributed by atoms with Crippen LogP contribution in [0.5, 0.6) is 0 Å². The fourth-order valence-corrected chi connectivity index (χ4v) is 1.19. The minimum Gasteiger partial charge on any atom is -0.372 e. The van der Waals surface area contributed by atoms with Crippen molar-refractivity contribution < 1.29 is 5.11 Å². The summed E-state index contributed by atoms with van der Waals surface area (Å²) in [6.07, 6.45) is 1.52. The third-order valence-electron chi connectivity index (χ3n) is 1.34. The minimum atomic E-state index is -0.631. The zero-order chi connectivity index (χ0) is 8.43. The second kappa shape index (κ2) is 3.56. The van der Waals surface area contributed by atoms with E-state index >= 15 is 0 Å². The Kier molecular flexibility index (Phi) is 2.92. The molecule has 1 rings (SSSR count). The van der Waals surface area contributed by atoms with Crippen molar-refractivity contribution in [2.75, 3.05) is 0 Å². The zero-order valence-corrected chi connectivity index (χ0v) is 8.30. The van der Waals surface area contributed by atoms with Gasteiger partial charge in [0.15, 0.2) is 0 Å². The molecule has 0 amide bonds. The summed E-state index contributed by atoms with van der Waals surface area (Å²) in [5.74, 6) is 0. The molecular formula is C6H8BrClN2O. The summed E-state index contributed by atoms with van der Waals surface area (Å²) < 4.78 is 2.07. The molecule has 0 fully saturated rings. The van der Waals surface area contributed by atoms with Crippen molar-refractivity contribution in [3.05, 3.63) is 15.8 Å². The van der Waals surface area contributed by atoms with Crippen LogP contribution in [-0.4, -0.2) is 14.9 Å². The highest BCUT2D eigenvalue weighted by Crippen LogP contribution is 2.24. The average Bonchev–Trinajstić information content (AvgIpc) is 2.32. The molecular weight excluding hydrogens is 231 g/mol. The lowest BCUT2D eigenvalue weighted by Gasteiger charge is -2.08. The zero-order valence-electron chi connectivity index (χ0n) is 5.96. The van der Waals surface area contributed by atoms with Gasteiger partial charge in [0.1, 0.15) is 11.4 Å². The molecule has 1 N–H and O–H groups in total. The van der Waals surface area contributed by atoms with Gasteiger partial charge in [0, 0.05) is 0 Å². The van der Waals surface area contributed by atoms with Crippen LogP contribution in [0.2, 0.25) is 5.15 Å². The first-order valence-electron chi connectivity index (χ1n) is 3.23. The molecule has 11 heavy (non-hydrogen) atoms. The summed E-state index contributed by atoms with van der Waals surface area (Å²) in [5.41, 5.74) is 0. The molecule has 0 saturated heterocycles. The normalized spacial score (nSPS) is 13.5. The Morgan fingerprint density at radius 1 is 1.91 bits per heavy atom. The summed E-state index contributed by atoms with van der Waals surface area (Å²) in [5, 5.41) is 13.6. The quantitative estimate of drug-likeness (QED) is 0.859. The SMILES string of the molecule is CCC(O)n1ncc(Br)c1Cl. The van der Waals surface area contributed by atoms with Crippen molar-refractivity contribution >= 4 is 27.5 Å². The number of hydrogen-bond acceptors (Lipinski definition) is 2. The standard InChI is InChI=1S/C6H8BrClN2O/c1-2-5(11)10-6(8)4(7)3-9-10/h3,5,11H,2H2,1H3. The van der Waals surface area contributed by atoms with Gasteiger partial charge in [-0.2, -0.15) is 5.10 Å². The van der Waals surface area contributed by atoms with Crippen LogP contribution in [0.4, 0.5) is 0 Å². The largest absolute Gasteiger partial charge is 0.372 e. The Bertz CT molecular complexity index is 251. The molecule has 0 bridgehead atoms. The van der Waals surface area contributed by atoms with E-state index in [2.05, 4.69) is 21.0 Å². The Hall–Kier alpha value is -0.0600. The van der Waals surface area contributed by atoms with E-state index in [-0.39, 0.29) is 0 Å². The highest BCUT2D eigenvalue weighted by molar-refractivity contribution is 9.10. The number of rotatable bonds is 2. The maximum atomic E-state index is 9.32. The second-order valence-electron chi connectivity index (χ2n) is 2.12. The molecule has 0 aliphatic carbocycles. The first-order chi connectivity index (χ1) is 5.16. The molecule has 0 aromatic carbocycles. The highest BCUT2D eigenvalue weighted by atomic mass is 79.9. The van der Waals surface area contributed by atoms with Crippen LogP contribution in [-0.2, 0) is 0 Å². The number of halogens is 2. The van der Waals surface area contributed by atoms with Crippen LogP contribution < -0.4 is 0 Å². The van der Waals surface area contributed by atoms with Crippen LogP contribution in [0, 0.1) is 0 Å². The molecule has 0 saturated carbocycles. The molecule has 3 nitrogen and oxygen atoms in total. The summed E-state index contributed by atoms with van der Waals surface area (Å²) in [6.45, 7) is 1.86. The smallest absolute Gasteiger partial charge is 0.148 e. The van der Waals surface area contributed by atoms with E-state index in [1.54, 1.807) is 6.20 Å². The van der Waals surface area contributed by atoms with Crippen molar-refractivity contribution in [1.29, 1.82) is 0 Å². The van der Waals surface area contributed by atoms with Gasteiger partial charge in [0.05, 0.1) is 10.7 Å². The molecule has 5 heteroatoms. The lowest BCUT2D eigenvalue weighted by molar-refractivity contribution is 0.0870. The van der Waals surface area contributed by atoms with Gasteiger partial charge in [0.2, 0.25) is 0 Å². The van der Waals surface area contributed by atoms with Crippen LogP contribution in [0.25, 0.3) is 0 Å². The molecule has 1 heterocycles. The number of aliphatic hydroxyl groups excluding tert-OH is 1. The van der Waals surface area contributed by atoms with E-state index in [0.29, 0.717) is 16.0 Å². The molecule has 0 spiro atoms. The molecule has 1 aromatic rings. The van der Waals surface area contributed by atoms with Crippen molar-refractivity contribution in [3.63, 3.8) is 0 Å². The third-order valence-corrected chi connectivity index (χ3v) is 2.53. The second-order valence-corrected chi connectivity index (χ2v) is 3.33. The predicted molar refractivity (Wildman–Crippen MR) is 46.5 cm³/mol. The van der Waals surface area contributed by atoms with Gasteiger partial charge in [0.25, 0.3) is 0 Å². The van der Waals surface area contributed by atoms with E-state index in [1.165, 1.54) is 4.68 Å². The number of nitrogens with zero attached hydrogens (tertiary/aromatic N) is 2. The first kappa shape index (κ1) is 9.03. The molecule has 1 atom stereocenters. The monoisotopic (exact) mass is 238 g/mol. The van der Waals surface area contributed by atoms with Gasteiger partial charge in [-0.1, -0.05) is 18.5 Å². The van der Waals surface area contributed by atoms with Gasteiger partial charge >= 0.3 is 0 Å². The van der Waals surface area contributed by atoms with Gasteiger partial charge in [-0.05, 0) is 22.4 Å². The fourth-order valence-electron chi connectivity index (χ4n) is 0.707. The van der Waals surface area contributed by atoms with Crippen molar-refractivity contribution in [2.45, 2.75) is 19.6 Å². The average molecular weight is 240 g/mol. The van der Waals surface area contributed by atoms with Crippen molar-refractivity contribution in [2.24, 2.45) is 0 Å². The lowest BCUT2D eigenvalue weighted by atomic mass is 10.4. The predicted octanol–water partition coefficient (Wildman–Crippen LogP) is 2.20. The Morgan fingerprint density at radius 2 is 2.55 bits per heavy atom. The van der Waals surface area contributed by atoms with Gasteiger partial charge in [-0.15, -0.1) is 0 Å². The molecule has 1 unspecified atom stereocenters. The number of aliphatic hydroxyl groups is 1. The lowest BCUT2D eigenvalue weighted by Crippen LogP contribution is -2.08. The van der Waals surface area contributed by atoms with Crippen LogP contribution >= 0.6 is 27.5 Å². The molecule has 0 aliphatic heterocycles. The number of hydrogen-bond donors (Lipinski definition) is 1. The molecule has 0 radical (unpaired) electrons. The van der Waals surface area contributed by atoms with E-state index in [0.717, 1.165) is 0 Å². The van der Waals surface area contributed by atoms with E-state index < -0.39 is 6.23 Å². The molecule has 62 valence electrons. The van der Waals surface area contributed by atoms with E-state index in [9.17, 15) is 5.11 Å². The van der Waals surface area contributed by atoms with Crippen molar-refractivity contribution in [1.82, 2.24) is 9.78 Å². The fraction of sp³-hybridized carbons (Fsp3) is 0.500. The van der Waals surface area contributed by atoms with Gasteiger partial charge < -0.3 is 5.11 Å². The molecule has 1 aromatic heterocycles.